The van der Waals surface area contributed by atoms with Crippen LogP contribution in [-0.2, 0) is 4.79 Å². The Morgan fingerprint density at radius 1 is 1.14 bits per heavy atom. The molecule has 0 saturated carbocycles. The third-order valence-corrected chi connectivity index (χ3v) is 5.24. The Morgan fingerprint density at radius 3 is 2.66 bits per heavy atom. The van der Waals surface area contributed by atoms with E-state index >= 15 is 0 Å². The second kappa shape index (κ2) is 7.98. The third kappa shape index (κ3) is 4.26. The molecule has 1 amide bonds. The van der Waals surface area contributed by atoms with E-state index in [4.69, 9.17) is 21.1 Å². The summed E-state index contributed by atoms with van der Waals surface area (Å²) in [5, 5.41) is 12.4. The first kappa shape index (κ1) is 19.0. The van der Waals surface area contributed by atoms with Gasteiger partial charge in [0, 0.05) is 11.6 Å². The van der Waals surface area contributed by atoms with Crippen LogP contribution in [0.1, 0.15) is 16.1 Å². The van der Waals surface area contributed by atoms with Crippen LogP contribution >= 0.6 is 23.4 Å². The van der Waals surface area contributed by atoms with E-state index in [0.717, 1.165) is 5.69 Å². The molecule has 144 valence electrons. The van der Waals surface area contributed by atoms with E-state index in [2.05, 4.69) is 10.3 Å². The molecule has 1 aliphatic heterocycles. The van der Waals surface area contributed by atoms with E-state index in [1.807, 2.05) is 30.3 Å². The number of aliphatic imine (C=N–C) groups is 1. The fourth-order valence-electron chi connectivity index (χ4n) is 2.66. The molecule has 1 fully saturated rings. The molecule has 0 unspecified atom stereocenters. The number of hydrogen-bond acceptors (Lipinski definition) is 5. The van der Waals surface area contributed by atoms with Gasteiger partial charge in [0.05, 0.1) is 21.2 Å². The number of rotatable bonds is 4. The van der Waals surface area contributed by atoms with Gasteiger partial charge in [0.25, 0.3) is 5.91 Å². The highest BCUT2D eigenvalue weighted by atomic mass is 35.5. The molecular weight excluding hydrogens is 412 g/mol. The van der Waals surface area contributed by atoms with Gasteiger partial charge in [0.2, 0.25) is 0 Å². The standard InChI is InChI=1S/C21H13ClN2O4S/c22-16-10-12(6-8-15(16)20(26)27)17-9-7-14(28-17)11-18-19(25)24-21(29-18)23-13-4-2-1-3-5-13/h1-11H,(H,26,27)(H,23,24,25)/b18-11+. The van der Waals surface area contributed by atoms with E-state index in [0.29, 0.717) is 27.2 Å². The number of carbonyl (C=O) groups excluding carboxylic acids is 1. The Kier molecular flexibility index (Phi) is 5.24. The van der Waals surface area contributed by atoms with Crippen molar-refractivity contribution in [2.45, 2.75) is 0 Å². The number of amides is 1. The Bertz CT molecular complexity index is 1170. The van der Waals surface area contributed by atoms with Crippen molar-refractivity contribution in [2.24, 2.45) is 4.99 Å². The molecule has 0 spiro atoms. The van der Waals surface area contributed by atoms with Crippen LogP contribution in [0.5, 0.6) is 0 Å². The zero-order valence-electron chi connectivity index (χ0n) is 14.8. The van der Waals surface area contributed by atoms with E-state index in [-0.39, 0.29) is 16.5 Å². The molecule has 1 saturated heterocycles. The van der Waals surface area contributed by atoms with Crippen LogP contribution < -0.4 is 5.32 Å². The molecule has 2 heterocycles. The maximum absolute atomic E-state index is 12.2. The molecule has 0 atom stereocenters. The Labute approximate surface area is 174 Å². The average Bonchev–Trinajstić information content (AvgIpc) is 3.29. The number of furan rings is 1. The van der Waals surface area contributed by atoms with Gasteiger partial charge in [-0.3, -0.25) is 4.79 Å². The van der Waals surface area contributed by atoms with Gasteiger partial charge in [0.1, 0.15) is 11.5 Å². The number of halogens is 1. The lowest BCUT2D eigenvalue weighted by atomic mass is 10.1. The molecule has 4 rings (SSSR count). The zero-order chi connectivity index (χ0) is 20.4. The molecule has 1 aliphatic rings. The number of carbonyl (C=O) groups is 2. The van der Waals surface area contributed by atoms with Crippen molar-refractivity contribution >= 4 is 52.2 Å². The summed E-state index contributed by atoms with van der Waals surface area (Å²) in [6.07, 6.45) is 1.63. The molecule has 6 nitrogen and oxygen atoms in total. The molecule has 0 bridgehead atoms. The number of nitrogens with one attached hydrogen (secondary N) is 1. The fourth-order valence-corrected chi connectivity index (χ4v) is 3.74. The summed E-state index contributed by atoms with van der Waals surface area (Å²) in [6, 6.07) is 17.4. The highest BCUT2D eigenvalue weighted by molar-refractivity contribution is 8.18. The molecule has 1 aromatic heterocycles. The molecule has 2 N–H and O–H groups in total. The molecule has 3 aromatic rings. The first-order chi connectivity index (χ1) is 14.0. The second-order valence-corrected chi connectivity index (χ2v) is 7.46. The monoisotopic (exact) mass is 424 g/mol. The van der Waals surface area contributed by atoms with Gasteiger partial charge in [-0.1, -0.05) is 35.9 Å². The van der Waals surface area contributed by atoms with Crippen molar-refractivity contribution in [3.8, 4) is 11.3 Å². The predicted molar refractivity (Wildman–Crippen MR) is 113 cm³/mol. The van der Waals surface area contributed by atoms with Crippen molar-refractivity contribution in [2.75, 3.05) is 0 Å². The Balaban J connectivity index is 1.55. The number of amidine groups is 1. The summed E-state index contributed by atoms with van der Waals surface area (Å²) in [6.45, 7) is 0. The molecule has 0 aliphatic carbocycles. The van der Waals surface area contributed by atoms with Crippen molar-refractivity contribution in [3.63, 3.8) is 0 Å². The van der Waals surface area contributed by atoms with Crippen LogP contribution in [0.25, 0.3) is 17.4 Å². The summed E-state index contributed by atoms with van der Waals surface area (Å²) >= 11 is 7.24. The predicted octanol–water partition coefficient (Wildman–Crippen LogP) is 5.19. The molecule has 29 heavy (non-hydrogen) atoms. The Morgan fingerprint density at radius 2 is 1.93 bits per heavy atom. The quantitative estimate of drug-likeness (QED) is 0.562. The number of carboxylic acids is 1. The van der Waals surface area contributed by atoms with Gasteiger partial charge in [-0.25, -0.2) is 9.79 Å². The number of hydrogen-bond donors (Lipinski definition) is 2. The van der Waals surface area contributed by atoms with Gasteiger partial charge in [-0.2, -0.15) is 0 Å². The van der Waals surface area contributed by atoms with E-state index in [9.17, 15) is 9.59 Å². The van der Waals surface area contributed by atoms with Crippen LogP contribution in [0.2, 0.25) is 5.02 Å². The lowest BCUT2D eigenvalue weighted by molar-refractivity contribution is -0.115. The van der Waals surface area contributed by atoms with Gasteiger partial charge < -0.3 is 14.8 Å². The number of thioether (sulfide) groups is 1. The zero-order valence-corrected chi connectivity index (χ0v) is 16.3. The lowest BCUT2D eigenvalue weighted by Crippen LogP contribution is -2.19. The molecular formula is C21H13ClN2O4S. The SMILES string of the molecule is O=C1N/C(=N\c2ccccc2)S/C1=C/c1ccc(-c2ccc(C(=O)O)c(Cl)c2)o1. The van der Waals surface area contributed by atoms with E-state index in [1.54, 1.807) is 24.3 Å². The second-order valence-electron chi connectivity index (χ2n) is 6.02. The molecule has 2 aromatic carbocycles. The van der Waals surface area contributed by atoms with Crippen LogP contribution in [0.3, 0.4) is 0 Å². The highest BCUT2D eigenvalue weighted by Gasteiger charge is 2.24. The number of carboxylic acid groups (broad SMARTS) is 1. The molecule has 8 heteroatoms. The van der Waals surface area contributed by atoms with E-state index < -0.39 is 5.97 Å². The first-order valence-corrected chi connectivity index (χ1v) is 9.67. The van der Waals surface area contributed by atoms with Crippen LogP contribution in [-0.4, -0.2) is 22.2 Å². The topological polar surface area (TPSA) is 91.9 Å². The van der Waals surface area contributed by atoms with Gasteiger partial charge >= 0.3 is 5.97 Å². The number of nitrogens with zero attached hydrogens (tertiary/aromatic N) is 1. The Hall–Kier alpha value is -3.29. The van der Waals surface area contributed by atoms with E-state index in [1.165, 1.54) is 23.9 Å². The fraction of sp³-hybridized carbons (Fsp3) is 0. The normalized spacial score (nSPS) is 16.4. The maximum Gasteiger partial charge on any atom is 0.337 e. The maximum atomic E-state index is 12.2. The smallest absolute Gasteiger partial charge is 0.337 e. The van der Waals surface area contributed by atoms with Crippen LogP contribution in [0, 0.1) is 0 Å². The van der Waals surface area contributed by atoms with Crippen molar-refractivity contribution < 1.29 is 19.1 Å². The van der Waals surface area contributed by atoms with Gasteiger partial charge in [-0.05, 0) is 48.2 Å². The van der Waals surface area contributed by atoms with Crippen LogP contribution in [0.15, 0.2) is 75.0 Å². The summed E-state index contributed by atoms with van der Waals surface area (Å²) in [5.41, 5.74) is 1.41. The minimum atomic E-state index is -1.09. The third-order valence-electron chi connectivity index (χ3n) is 4.02. The van der Waals surface area contributed by atoms with Crippen molar-refractivity contribution in [1.82, 2.24) is 5.32 Å². The number of aromatic carboxylic acids is 1. The largest absolute Gasteiger partial charge is 0.478 e. The minimum absolute atomic E-state index is 0.0218. The van der Waals surface area contributed by atoms with Crippen molar-refractivity contribution in [1.29, 1.82) is 0 Å². The van der Waals surface area contributed by atoms with Crippen LogP contribution in [0.4, 0.5) is 5.69 Å². The lowest BCUT2D eigenvalue weighted by Gasteiger charge is -2.01. The minimum Gasteiger partial charge on any atom is -0.478 e. The number of benzene rings is 2. The molecule has 0 radical (unpaired) electrons. The summed E-state index contributed by atoms with van der Waals surface area (Å²) in [4.78, 5) is 28.1. The van der Waals surface area contributed by atoms with Gasteiger partial charge in [0.15, 0.2) is 5.17 Å². The number of para-hydroxylation sites is 1. The van der Waals surface area contributed by atoms with Gasteiger partial charge in [-0.15, -0.1) is 0 Å². The summed E-state index contributed by atoms with van der Waals surface area (Å²) < 4.78 is 5.77. The average molecular weight is 425 g/mol. The summed E-state index contributed by atoms with van der Waals surface area (Å²) in [7, 11) is 0. The first-order valence-electron chi connectivity index (χ1n) is 8.47. The summed E-state index contributed by atoms with van der Waals surface area (Å²) in [5.74, 6) is -0.352. The van der Waals surface area contributed by atoms with Crippen molar-refractivity contribution in [3.05, 3.63) is 81.9 Å². The highest BCUT2D eigenvalue weighted by Crippen LogP contribution is 2.31.